The van der Waals surface area contributed by atoms with Crippen molar-refractivity contribution in [1.29, 1.82) is 0 Å². The largest absolute Gasteiger partial charge is 0.465 e. The zero-order valence-electron chi connectivity index (χ0n) is 11.9. The van der Waals surface area contributed by atoms with Crippen molar-refractivity contribution in [3.05, 3.63) is 29.3 Å². The molecule has 1 rings (SSSR count). The van der Waals surface area contributed by atoms with Crippen molar-refractivity contribution in [3.63, 3.8) is 0 Å². The number of amides is 1. The molecule has 110 valence electrons. The molecule has 0 bridgehead atoms. The Morgan fingerprint density at radius 2 is 2.15 bits per heavy atom. The molecule has 0 spiro atoms. The van der Waals surface area contributed by atoms with Crippen LogP contribution < -0.4 is 11.1 Å². The van der Waals surface area contributed by atoms with Crippen LogP contribution >= 0.6 is 11.8 Å². The number of thioether (sulfide) groups is 1. The van der Waals surface area contributed by atoms with Crippen molar-refractivity contribution in [3.8, 4) is 0 Å². The Morgan fingerprint density at radius 3 is 2.70 bits per heavy atom. The molecule has 1 aromatic rings. The van der Waals surface area contributed by atoms with Gasteiger partial charge in [0.15, 0.2) is 0 Å². The summed E-state index contributed by atoms with van der Waals surface area (Å²) in [6.45, 7) is 1.81. The third-order valence-electron chi connectivity index (χ3n) is 2.88. The minimum atomic E-state index is -0.526. The predicted octanol–water partition coefficient (Wildman–Crippen LogP) is 1.80. The van der Waals surface area contributed by atoms with Crippen LogP contribution in [0, 0.1) is 6.92 Å². The maximum atomic E-state index is 11.9. The van der Waals surface area contributed by atoms with E-state index in [-0.39, 0.29) is 5.91 Å². The number of hydrogen-bond donors (Lipinski definition) is 2. The molecule has 6 heteroatoms. The van der Waals surface area contributed by atoms with E-state index in [2.05, 4.69) is 10.1 Å². The topological polar surface area (TPSA) is 81.4 Å². The number of nitrogens with one attached hydrogen (secondary N) is 1. The van der Waals surface area contributed by atoms with E-state index in [0.717, 1.165) is 11.3 Å². The van der Waals surface area contributed by atoms with Crippen molar-refractivity contribution >= 4 is 29.3 Å². The van der Waals surface area contributed by atoms with E-state index in [4.69, 9.17) is 5.73 Å². The lowest BCUT2D eigenvalue weighted by atomic mass is 10.1. The second kappa shape index (κ2) is 7.91. The molecule has 0 unspecified atom stereocenters. The third kappa shape index (κ3) is 4.54. The number of ether oxygens (including phenoxy) is 1. The van der Waals surface area contributed by atoms with Crippen molar-refractivity contribution in [2.75, 3.05) is 24.4 Å². The van der Waals surface area contributed by atoms with Crippen LogP contribution in [0.5, 0.6) is 0 Å². The Balaban J connectivity index is 2.73. The van der Waals surface area contributed by atoms with E-state index in [1.54, 1.807) is 30.0 Å². The minimum Gasteiger partial charge on any atom is -0.465 e. The number of methoxy groups -OCH3 is 1. The smallest absolute Gasteiger partial charge is 0.337 e. The molecule has 0 fully saturated rings. The lowest BCUT2D eigenvalue weighted by Gasteiger charge is -2.13. The maximum absolute atomic E-state index is 11.9. The summed E-state index contributed by atoms with van der Waals surface area (Å²) < 4.78 is 4.65. The fourth-order valence-electron chi connectivity index (χ4n) is 1.65. The fourth-order valence-corrected chi connectivity index (χ4v) is 2.14. The van der Waals surface area contributed by atoms with E-state index in [9.17, 15) is 9.59 Å². The van der Waals surface area contributed by atoms with Crippen LogP contribution in [0.2, 0.25) is 0 Å². The van der Waals surface area contributed by atoms with E-state index < -0.39 is 12.0 Å². The Hall–Kier alpha value is -1.53. The predicted molar refractivity (Wildman–Crippen MR) is 82.1 cm³/mol. The van der Waals surface area contributed by atoms with Crippen LogP contribution in [0.3, 0.4) is 0 Å². The van der Waals surface area contributed by atoms with E-state index in [0.29, 0.717) is 17.7 Å². The van der Waals surface area contributed by atoms with Gasteiger partial charge in [0.1, 0.15) is 0 Å². The highest BCUT2D eigenvalue weighted by Gasteiger charge is 2.15. The van der Waals surface area contributed by atoms with Gasteiger partial charge in [-0.05, 0) is 49.1 Å². The fraction of sp³-hybridized carbons (Fsp3) is 0.429. The summed E-state index contributed by atoms with van der Waals surface area (Å²) in [5, 5.41) is 2.78. The van der Waals surface area contributed by atoms with Gasteiger partial charge in [-0.25, -0.2) is 4.79 Å². The van der Waals surface area contributed by atoms with Crippen LogP contribution in [0.25, 0.3) is 0 Å². The monoisotopic (exact) mass is 296 g/mol. The van der Waals surface area contributed by atoms with Crippen LogP contribution in [-0.4, -0.2) is 37.0 Å². The van der Waals surface area contributed by atoms with Gasteiger partial charge in [-0.1, -0.05) is 0 Å². The maximum Gasteiger partial charge on any atom is 0.337 e. The number of aryl methyl sites for hydroxylation is 1. The van der Waals surface area contributed by atoms with Crippen molar-refractivity contribution in [2.45, 2.75) is 19.4 Å². The number of anilines is 1. The summed E-state index contributed by atoms with van der Waals surface area (Å²) in [6.07, 6.45) is 2.60. The number of hydrogen-bond acceptors (Lipinski definition) is 5. The molecular formula is C14H20N2O3S. The van der Waals surface area contributed by atoms with Gasteiger partial charge < -0.3 is 15.8 Å². The van der Waals surface area contributed by atoms with Gasteiger partial charge in [0.2, 0.25) is 5.91 Å². The highest BCUT2D eigenvalue weighted by atomic mass is 32.2. The molecule has 0 saturated heterocycles. The van der Waals surface area contributed by atoms with Gasteiger partial charge in [0.05, 0.1) is 18.7 Å². The lowest BCUT2D eigenvalue weighted by molar-refractivity contribution is -0.117. The number of benzene rings is 1. The summed E-state index contributed by atoms with van der Waals surface area (Å²) >= 11 is 1.65. The summed E-state index contributed by atoms with van der Waals surface area (Å²) in [7, 11) is 1.33. The molecule has 0 aliphatic heterocycles. The number of carbonyl (C=O) groups excluding carboxylic acids is 2. The van der Waals surface area contributed by atoms with Crippen LogP contribution in [-0.2, 0) is 9.53 Å². The second-order valence-electron chi connectivity index (χ2n) is 4.40. The van der Waals surface area contributed by atoms with Crippen molar-refractivity contribution in [1.82, 2.24) is 0 Å². The zero-order valence-corrected chi connectivity index (χ0v) is 12.8. The first-order valence-electron chi connectivity index (χ1n) is 6.24. The SMILES string of the molecule is COC(=O)c1ccc(NC(=O)[C@@H](N)CCSC)c(C)c1. The Morgan fingerprint density at radius 1 is 1.45 bits per heavy atom. The Bertz CT molecular complexity index is 491. The van der Waals surface area contributed by atoms with Gasteiger partial charge in [-0.2, -0.15) is 11.8 Å². The zero-order chi connectivity index (χ0) is 15.1. The number of nitrogens with two attached hydrogens (primary N) is 1. The normalized spacial score (nSPS) is 11.8. The van der Waals surface area contributed by atoms with Crippen molar-refractivity contribution < 1.29 is 14.3 Å². The second-order valence-corrected chi connectivity index (χ2v) is 5.38. The molecule has 0 aliphatic rings. The summed E-state index contributed by atoms with van der Waals surface area (Å²) in [5.74, 6) is 0.227. The van der Waals surface area contributed by atoms with Gasteiger partial charge in [0.25, 0.3) is 0 Å². The van der Waals surface area contributed by atoms with Crippen LogP contribution in [0.1, 0.15) is 22.3 Å². The van der Waals surface area contributed by atoms with Gasteiger partial charge in [0, 0.05) is 5.69 Å². The molecule has 20 heavy (non-hydrogen) atoms. The molecular weight excluding hydrogens is 276 g/mol. The first-order chi connectivity index (χ1) is 9.49. The third-order valence-corrected chi connectivity index (χ3v) is 3.52. The van der Waals surface area contributed by atoms with Crippen LogP contribution in [0.4, 0.5) is 5.69 Å². The first-order valence-corrected chi connectivity index (χ1v) is 7.63. The van der Waals surface area contributed by atoms with Crippen LogP contribution in [0.15, 0.2) is 18.2 Å². The van der Waals surface area contributed by atoms with Gasteiger partial charge >= 0.3 is 5.97 Å². The molecule has 1 amide bonds. The molecule has 1 aromatic carbocycles. The highest BCUT2D eigenvalue weighted by molar-refractivity contribution is 7.98. The summed E-state index contributed by atoms with van der Waals surface area (Å²) in [5.41, 5.74) is 7.70. The average molecular weight is 296 g/mol. The molecule has 1 atom stereocenters. The number of esters is 1. The Labute approximate surface area is 123 Å². The molecule has 3 N–H and O–H groups in total. The standard InChI is InChI=1S/C14H20N2O3S/c1-9-8-10(14(18)19-2)4-5-12(9)16-13(17)11(15)6-7-20-3/h4-5,8,11H,6-7,15H2,1-3H3,(H,16,17)/t11-/m0/s1. The average Bonchev–Trinajstić information content (AvgIpc) is 2.45. The molecule has 0 aromatic heterocycles. The first kappa shape index (κ1) is 16.5. The summed E-state index contributed by atoms with van der Waals surface area (Å²) in [6, 6.07) is 4.44. The van der Waals surface area contributed by atoms with Gasteiger partial charge in [-0.15, -0.1) is 0 Å². The highest BCUT2D eigenvalue weighted by Crippen LogP contribution is 2.17. The molecule has 0 saturated carbocycles. The number of rotatable bonds is 6. The number of carbonyl (C=O) groups is 2. The molecule has 0 radical (unpaired) electrons. The Kier molecular flexibility index (Phi) is 6.54. The summed E-state index contributed by atoms with van der Waals surface area (Å²) in [4.78, 5) is 23.3. The molecule has 0 aliphatic carbocycles. The molecule has 0 heterocycles. The molecule has 5 nitrogen and oxygen atoms in total. The van der Waals surface area contributed by atoms with E-state index in [1.807, 2.05) is 13.2 Å². The minimum absolute atomic E-state index is 0.215. The van der Waals surface area contributed by atoms with E-state index >= 15 is 0 Å². The van der Waals surface area contributed by atoms with Crippen molar-refractivity contribution in [2.24, 2.45) is 5.73 Å². The van der Waals surface area contributed by atoms with Gasteiger partial charge in [-0.3, -0.25) is 4.79 Å². The van der Waals surface area contributed by atoms with E-state index in [1.165, 1.54) is 7.11 Å². The lowest BCUT2D eigenvalue weighted by Crippen LogP contribution is -2.36. The quantitative estimate of drug-likeness (QED) is 0.782.